The van der Waals surface area contributed by atoms with Gasteiger partial charge in [0.2, 0.25) is 0 Å². The average Bonchev–Trinajstić information content (AvgIpc) is 3.31. The van der Waals surface area contributed by atoms with E-state index in [-0.39, 0.29) is 5.91 Å². The predicted octanol–water partition coefficient (Wildman–Crippen LogP) is 3.00. The Hall–Kier alpha value is -3.61. The molecule has 7 heteroatoms. The minimum Gasteiger partial charge on any atom is -0.487 e. The van der Waals surface area contributed by atoms with Crippen LogP contribution in [0.5, 0.6) is 5.75 Å². The van der Waals surface area contributed by atoms with E-state index < -0.39 is 0 Å². The Bertz CT molecular complexity index is 1180. The molecule has 4 aromatic rings. The highest BCUT2D eigenvalue weighted by Gasteiger charge is 2.27. The molecule has 3 heterocycles. The fraction of sp³-hybridized carbons (Fsp3) is 0.227. The SMILES string of the molecule is Cn1c(CN2CCn3nc(COc4ccccc4)cc3C2=O)nc2ccccc21. The molecule has 0 fully saturated rings. The van der Waals surface area contributed by atoms with Crippen LogP contribution in [-0.4, -0.2) is 36.7 Å². The molecule has 0 atom stereocenters. The number of nitrogens with zero attached hydrogens (tertiary/aromatic N) is 5. The molecule has 0 radical (unpaired) electrons. The second-order valence-electron chi connectivity index (χ2n) is 7.15. The van der Waals surface area contributed by atoms with E-state index in [1.807, 2.05) is 77.2 Å². The number of ether oxygens (including phenoxy) is 1. The summed E-state index contributed by atoms with van der Waals surface area (Å²) in [6.45, 7) is 2.08. The van der Waals surface area contributed by atoms with Crippen molar-refractivity contribution in [2.75, 3.05) is 6.54 Å². The molecule has 0 unspecified atom stereocenters. The van der Waals surface area contributed by atoms with Crippen LogP contribution in [0.3, 0.4) is 0 Å². The van der Waals surface area contributed by atoms with Crippen LogP contribution in [0.4, 0.5) is 0 Å². The number of rotatable bonds is 5. The third kappa shape index (κ3) is 3.24. The van der Waals surface area contributed by atoms with Gasteiger partial charge in [0.05, 0.1) is 24.1 Å². The molecule has 1 aliphatic rings. The zero-order chi connectivity index (χ0) is 19.8. The lowest BCUT2D eigenvalue weighted by Crippen LogP contribution is -2.40. The number of fused-ring (bicyclic) bond motifs is 2. The predicted molar refractivity (Wildman–Crippen MR) is 108 cm³/mol. The number of benzene rings is 2. The molecule has 2 aromatic heterocycles. The molecule has 0 saturated carbocycles. The zero-order valence-corrected chi connectivity index (χ0v) is 16.2. The third-order valence-electron chi connectivity index (χ3n) is 5.26. The minimum absolute atomic E-state index is 0.0261. The number of imidazole rings is 1. The summed E-state index contributed by atoms with van der Waals surface area (Å²) >= 11 is 0. The van der Waals surface area contributed by atoms with Crippen molar-refractivity contribution in [3.05, 3.63) is 77.9 Å². The maximum Gasteiger partial charge on any atom is 0.272 e. The quantitative estimate of drug-likeness (QED) is 0.528. The van der Waals surface area contributed by atoms with E-state index in [0.717, 1.165) is 28.3 Å². The van der Waals surface area contributed by atoms with Crippen LogP contribution in [0, 0.1) is 0 Å². The van der Waals surface area contributed by atoms with Crippen LogP contribution in [0.1, 0.15) is 22.0 Å². The number of amides is 1. The molecule has 0 bridgehead atoms. The van der Waals surface area contributed by atoms with E-state index in [1.165, 1.54) is 0 Å². The second kappa shape index (κ2) is 7.09. The van der Waals surface area contributed by atoms with Crippen molar-refractivity contribution in [1.82, 2.24) is 24.2 Å². The van der Waals surface area contributed by atoms with Gasteiger partial charge in [-0.25, -0.2) is 4.98 Å². The van der Waals surface area contributed by atoms with Gasteiger partial charge in [0, 0.05) is 13.6 Å². The summed E-state index contributed by atoms with van der Waals surface area (Å²) in [5, 5.41) is 4.53. The van der Waals surface area contributed by atoms with Gasteiger partial charge in [-0.1, -0.05) is 30.3 Å². The lowest BCUT2D eigenvalue weighted by Gasteiger charge is -2.27. The number of aryl methyl sites for hydroxylation is 1. The van der Waals surface area contributed by atoms with Crippen molar-refractivity contribution in [3.8, 4) is 5.75 Å². The summed E-state index contributed by atoms with van der Waals surface area (Å²) in [5.41, 5.74) is 3.36. The Morgan fingerprint density at radius 2 is 1.83 bits per heavy atom. The lowest BCUT2D eigenvalue weighted by atomic mass is 10.2. The molecule has 146 valence electrons. The number of para-hydroxylation sites is 3. The van der Waals surface area contributed by atoms with E-state index in [0.29, 0.717) is 31.9 Å². The van der Waals surface area contributed by atoms with Crippen molar-refractivity contribution >= 4 is 16.9 Å². The van der Waals surface area contributed by atoms with E-state index in [4.69, 9.17) is 9.72 Å². The van der Waals surface area contributed by atoms with Crippen molar-refractivity contribution < 1.29 is 9.53 Å². The van der Waals surface area contributed by atoms with Crippen molar-refractivity contribution in [2.24, 2.45) is 7.05 Å². The van der Waals surface area contributed by atoms with Gasteiger partial charge < -0.3 is 14.2 Å². The average molecular weight is 387 g/mol. The highest BCUT2D eigenvalue weighted by atomic mass is 16.5. The summed E-state index contributed by atoms with van der Waals surface area (Å²) in [6.07, 6.45) is 0. The molecule has 1 aliphatic heterocycles. The topological polar surface area (TPSA) is 65.2 Å². The molecule has 7 nitrogen and oxygen atoms in total. The fourth-order valence-electron chi connectivity index (χ4n) is 3.69. The van der Waals surface area contributed by atoms with E-state index >= 15 is 0 Å². The van der Waals surface area contributed by atoms with Gasteiger partial charge in [0.15, 0.2) is 0 Å². The van der Waals surface area contributed by atoms with Gasteiger partial charge in [-0.15, -0.1) is 0 Å². The van der Waals surface area contributed by atoms with Gasteiger partial charge in [-0.2, -0.15) is 5.10 Å². The van der Waals surface area contributed by atoms with Crippen molar-refractivity contribution in [2.45, 2.75) is 19.7 Å². The minimum atomic E-state index is -0.0261. The Labute approximate surface area is 168 Å². The van der Waals surface area contributed by atoms with E-state index in [9.17, 15) is 4.79 Å². The van der Waals surface area contributed by atoms with Crippen molar-refractivity contribution in [3.63, 3.8) is 0 Å². The number of aromatic nitrogens is 4. The molecule has 2 aromatic carbocycles. The first-order valence-electron chi connectivity index (χ1n) is 9.63. The van der Waals surface area contributed by atoms with E-state index in [2.05, 4.69) is 5.10 Å². The molecule has 0 spiro atoms. The van der Waals surface area contributed by atoms with E-state index in [1.54, 1.807) is 4.68 Å². The Morgan fingerprint density at radius 1 is 1.03 bits per heavy atom. The molecule has 5 rings (SSSR count). The molecule has 0 N–H and O–H groups in total. The molecule has 0 aliphatic carbocycles. The monoisotopic (exact) mass is 387 g/mol. The second-order valence-corrected chi connectivity index (χ2v) is 7.15. The highest BCUT2D eigenvalue weighted by molar-refractivity contribution is 5.93. The summed E-state index contributed by atoms with van der Waals surface area (Å²) in [7, 11) is 1.99. The molecule has 29 heavy (non-hydrogen) atoms. The normalized spacial score (nSPS) is 13.7. The molecule has 1 amide bonds. The summed E-state index contributed by atoms with van der Waals surface area (Å²) < 4.78 is 9.59. The fourth-order valence-corrected chi connectivity index (χ4v) is 3.69. The number of hydrogen-bond acceptors (Lipinski definition) is 4. The Kier molecular flexibility index (Phi) is 4.27. The molecular weight excluding hydrogens is 366 g/mol. The first-order chi connectivity index (χ1) is 14.2. The number of hydrogen-bond donors (Lipinski definition) is 0. The van der Waals surface area contributed by atoms with Gasteiger partial charge in [-0.05, 0) is 30.3 Å². The zero-order valence-electron chi connectivity index (χ0n) is 16.2. The van der Waals surface area contributed by atoms with Gasteiger partial charge in [0.25, 0.3) is 5.91 Å². The largest absolute Gasteiger partial charge is 0.487 e. The number of carbonyl (C=O) groups is 1. The van der Waals surface area contributed by atoms with Crippen LogP contribution in [0.15, 0.2) is 60.7 Å². The standard InChI is InChI=1S/C22H21N5O2/c1-25-19-10-6-5-9-18(19)23-21(25)14-26-11-12-27-20(22(26)28)13-16(24-27)15-29-17-7-3-2-4-8-17/h2-10,13H,11-12,14-15H2,1H3. The summed E-state index contributed by atoms with van der Waals surface area (Å²) in [4.78, 5) is 19.5. The van der Waals surface area contributed by atoms with Crippen molar-refractivity contribution in [1.29, 1.82) is 0 Å². The maximum atomic E-state index is 13.0. The third-order valence-corrected chi connectivity index (χ3v) is 5.26. The van der Waals surface area contributed by atoms with Crippen LogP contribution < -0.4 is 4.74 Å². The smallest absolute Gasteiger partial charge is 0.272 e. The van der Waals surface area contributed by atoms with Crippen LogP contribution >= 0.6 is 0 Å². The first-order valence-corrected chi connectivity index (χ1v) is 9.63. The lowest BCUT2D eigenvalue weighted by molar-refractivity contribution is 0.0677. The first kappa shape index (κ1) is 17.5. The maximum absolute atomic E-state index is 13.0. The van der Waals surface area contributed by atoms with Crippen LogP contribution in [-0.2, 0) is 26.7 Å². The van der Waals surface area contributed by atoms with Gasteiger partial charge >= 0.3 is 0 Å². The molecule has 0 saturated heterocycles. The highest BCUT2D eigenvalue weighted by Crippen LogP contribution is 2.20. The Morgan fingerprint density at radius 3 is 2.66 bits per heavy atom. The van der Waals surface area contributed by atoms with Crippen LogP contribution in [0.2, 0.25) is 0 Å². The Balaban J connectivity index is 1.32. The summed E-state index contributed by atoms with van der Waals surface area (Å²) in [6, 6.07) is 19.4. The van der Waals surface area contributed by atoms with Crippen LogP contribution in [0.25, 0.3) is 11.0 Å². The van der Waals surface area contributed by atoms with Gasteiger partial charge in [-0.3, -0.25) is 9.48 Å². The molecular formula is C22H21N5O2. The number of carbonyl (C=O) groups excluding carboxylic acids is 1. The summed E-state index contributed by atoms with van der Waals surface area (Å²) in [5.74, 6) is 1.63. The van der Waals surface area contributed by atoms with Gasteiger partial charge in [0.1, 0.15) is 29.6 Å².